The zero-order chi connectivity index (χ0) is 15.7. The molecule has 0 aromatic rings. The number of piperidine rings is 1. The number of hydrogen-bond acceptors (Lipinski definition) is 3. The number of rotatable bonds is 2. The van der Waals surface area contributed by atoms with Gasteiger partial charge in [-0.15, -0.1) is 0 Å². The molecule has 2 aliphatic heterocycles. The van der Waals surface area contributed by atoms with Crippen LogP contribution in [0.15, 0.2) is 0 Å². The van der Waals surface area contributed by atoms with Crippen molar-refractivity contribution >= 4 is 11.8 Å². The SMILES string of the molecule is CNC(=O)C1CCN(C(=O)C2(C(F)(F)F)CCNC2)CC1. The second kappa shape index (κ2) is 5.82. The normalized spacial score (nSPS) is 27.7. The van der Waals surface area contributed by atoms with Crippen molar-refractivity contribution < 1.29 is 22.8 Å². The van der Waals surface area contributed by atoms with Gasteiger partial charge in [0.1, 0.15) is 0 Å². The molecule has 2 saturated heterocycles. The van der Waals surface area contributed by atoms with Gasteiger partial charge in [0.25, 0.3) is 0 Å². The van der Waals surface area contributed by atoms with E-state index in [4.69, 9.17) is 0 Å². The monoisotopic (exact) mass is 307 g/mol. The van der Waals surface area contributed by atoms with Crippen molar-refractivity contribution in [3.63, 3.8) is 0 Å². The predicted molar refractivity (Wildman–Crippen MR) is 69.3 cm³/mol. The largest absolute Gasteiger partial charge is 0.404 e. The first-order valence-electron chi connectivity index (χ1n) is 7.10. The third-order valence-electron chi connectivity index (χ3n) is 4.51. The molecule has 0 aromatic heterocycles. The first-order valence-corrected chi connectivity index (χ1v) is 7.10. The summed E-state index contributed by atoms with van der Waals surface area (Å²) in [5.41, 5.74) is -2.30. The topological polar surface area (TPSA) is 61.4 Å². The van der Waals surface area contributed by atoms with Crippen molar-refractivity contribution in [2.24, 2.45) is 11.3 Å². The van der Waals surface area contributed by atoms with E-state index in [1.807, 2.05) is 0 Å². The Morgan fingerprint density at radius 1 is 1.29 bits per heavy atom. The van der Waals surface area contributed by atoms with Gasteiger partial charge in [0, 0.05) is 32.6 Å². The summed E-state index contributed by atoms with van der Waals surface area (Å²) >= 11 is 0. The molecule has 5 nitrogen and oxygen atoms in total. The van der Waals surface area contributed by atoms with Crippen LogP contribution in [0, 0.1) is 11.3 Å². The van der Waals surface area contributed by atoms with E-state index in [0.29, 0.717) is 12.8 Å². The van der Waals surface area contributed by atoms with E-state index >= 15 is 0 Å². The van der Waals surface area contributed by atoms with E-state index in [0.717, 1.165) is 0 Å². The number of nitrogens with one attached hydrogen (secondary N) is 2. The molecular formula is C13H20F3N3O2. The average Bonchev–Trinajstić information content (AvgIpc) is 2.96. The molecule has 2 amide bonds. The van der Waals surface area contributed by atoms with Gasteiger partial charge in [-0.25, -0.2) is 0 Å². The van der Waals surface area contributed by atoms with Crippen LogP contribution in [0.1, 0.15) is 19.3 Å². The van der Waals surface area contributed by atoms with Crippen molar-refractivity contribution in [3.05, 3.63) is 0 Å². The molecule has 2 rings (SSSR count). The number of alkyl halides is 3. The molecule has 2 heterocycles. The third kappa shape index (κ3) is 2.86. The number of carbonyl (C=O) groups excluding carboxylic acids is 2. The van der Waals surface area contributed by atoms with E-state index in [9.17, 15) is 22.8 Å². The molecule has 8 heteroatoms. The molecule has 0 saturated carbocycles. The quantitative estimate of drug-likeness (QED) is 0.781. The van der Waals surface area contributed by atoms with Crippen molar-refractivity contribution in [2.45, 2.75) is 25.4 Å². The highest BCUT2D eigenvalue weighted by molar-refractivity contribution is 5.85. The molecule has 120 valence electrons. The zero-order valence-corrected chi connectivity index (χ0v) is 11.9. The Morgan fingerprint density at radius 2 is 1.90 bits per heavy atom. The summed E-state index contributed by atoms with van der Waals surface area (Å²) in [5.74, 6) is -1.19. The molecule has 2 N–H and O–H groups in total. The first kappa shape index (κ1) is 16.1. The second-order valence-electron chi connectivity index (χ2n) is 5.69. The van der Waals surface area contributed by atoms with E-state index in [1.165, 1.54) is 11.9 Å². The summed E-state index contributed by atoms with van der Waals surface area (Å²) in [4.78, 5) is 25.2. The van der Waals surface area contributed by atoms with Gasteiger partial charge in [-0.05, 0) is 25.8 Å². The minimum absolute atomic E-state index is 0.116. The highest BCUT2D eigenvalue weighted by Crippen LogP contribution is 2.44. The smallest absolute Gasteiger partial charge is 0.359 e. The summed E-state index contributed by atoms with van der Waals surface area (Å²) in [6.45, 7) is 0.244. The lowest BCUT2D eigenvalue weighted by molar-refractivity contribution is -0.222. The van der Waals surface area contributed by atoms with Gasteiger partial charge in [-0.3, -0.25) is 9.59 Å². The molecule has 1 unspecified atom stereocenters. The molecule has 1 atom stereocenters. The highest BCUT2D eigenvalue weighted by atomic mass is 19.4. The molecular weight excluding hydrogens is 287 g/mol. The fourth-order valence-electron chi connectivity index (χ4n) is 3.09. The van der Waals surface area contributed by atoms with Gasteiger partial charge < -0.3 is 15.5 Å². The number of carbonyl (C=O) groups is 2. The van der Waals surface area contributed by atoms with E-state index < -0.39 is 17.5 Å². The molecule has 2 fully saturated rings. The summed E-state index contributed by atoms with van der Waals surface area (Å²) in [6.07, 6.45) is -3.95. The summed E-state index contributed by atoms with van der Waals surface area (Å²) in [6, 6.07) is 0. The number of halogens is 3. The second-order valence-corrected chi connectivity index (χ2v) is 5.69. The highest BCUT2D eigenvalue weighted by Gasteiger charge is 2.62. The third-order valence-corrected chi connectivity index (χ3v) is 4.51. The van der Waals surface area contributed by atoms with Crippen LogP contribution >= 0.6 is 0 Å². The Hall–Kier alpha value is -1.31. The van der Waals surface area contributed by atoms with Gasteiger partial charge in [0.2, 0.25) is 11.8 Å². The molecule has 21 heavy (non-hydrogen) atoms. The van der Waals surface area contributed by atoms with Crippen molar-refractivity contribution in [1.29, 1.82) is 0 Å². The maximum Gasteiger partial charge on any atom is 0.404 e. The van der Waals surface area contributed by atoms with E-state index in [1.54, 1.807) is 0 Å². The van der Waals surface area contributed by atoms with E-state index in [-0.39, 0.29) is 44.4 Å². The minimum Gasteiger partial charge on any atom is -0.359 e. The van der Waals surface area contributed by atoms with Crippen LogP contribution in [0.25, 0.3) is 0 Å². The Labute approximate surface area is 121 Å². The van der Waals surface area contributed by atoms with Crippen LogP contribution in [0.5, 0.6) is 0 Å². The predicted octanol–water partition coefficient (Wildman–Crippen LogP) is 0.513. The van der Waals surface area contributed by atoms with Gasteiger partial charge >= 0.3 is 6.18 Å². The maximum atomic E-state index is 13.3. The Kier molecular flexibility index (Phi) is 4.46. The maximum absolute atomic E-state index is 13.3. The van der Waals surface area contributed by atoms with Gasteiger partial charge in [0.15, 0.2) is 5.41 Å². The molecule has 0 bridgehead atoms. The zero-order valence-electron chi connectivity index (χ0n) is 11.9. The van der Waals surface area contributed by atoms with Crippen molar-refractivity contribution in [1.82, 2.24) is 15.5 Å². The Bertz CT molecular complexity index is 411. The number of nitrogens with zero attached hydrogens (tertiary/aromatic N) is 1. The lowest BCUT2D eigenvalue weighted by Gasteiger charge is -2.38. The Morgan fingerprint density at radius 3 is 2.33 bits per heavy atom. The Balaban J connectivity index is 2.05. The van der Waals surface area contributed by atoms with Crippen LogP contribution in [0.3, 0.4) is 0 Å². The molecule has 0 aliphatic carbocycles. The molecule has 0 spiro atoms. The van der Waals surface area contributed by atoms with Crippen LogP contribution in [-0.2, 0) is 9.59 Å². The lowest BCUT2D eigenvalue weighted by Crippen LogP contribution is -2.55. The number of likely N-dealkylation sites (tertiary alicyclic amines) is 1. The number of amides is 2. The van der Waals surface area contributed by atoms with Crippen molar-refractivity contribution in [2.75, 3.05) is 33.2 Å². The molecule has 2 aliphatic rings. The summed E-state index contributed by atoms with van der Waals surface area (Å²) in [5, 5.41) is 5.18. The lowest BCUT2D eigenvalue weighted by atomic mass is 9.83. The van der Waals surface area contributed by atoms with Gasteiger partial charge in [0.05, 0.1) is 0 Å². The summed E-state index contributed by atoms with van der Waals surface area (Å²) in [7, 11) is 1.53. The average molecular weight is 307 g/mol. The van der Waals surface area contributed by atoms with E-state index in [2.05, 4.69) is 10.6 Å². The van der Waals surface area contributed by atoms with Gasteiger partial charge in [-0.2, -0.15) is 13.2 Å². The van der Waals surface area contributed by atoms with Crippen LogP contribution in [0.2, 0.25) is 0 Å². The van der Waals surface area contributed by atoms with Gasteiger partial charge in [-0.1, -0.05) is 0 Å². The molecule has 0 aromatic carbocycles. The molecule has 0 radical (unpaired) electrons. The minimum atomic E-state index is -4.55. The van der Waals surface area contributed by atoms with Crippen LogP contribution in [0.4, 0.5) is 13.2 Å². The fourth-order valence-corrected chi connectivity index (χ4v) is 3.09. The number of hydrogen-bond donors (Lipinski definition) is 2. The summed E-state index contributed by atoms with van der Waals surface area (Å²) < 4.78 is 40.0. The van der Waals surface area contributed by atoms with Crippen LogP contribution < -0.4 is 10.6 Å². The standard InChI is InChI=1S/C13H20F3N3O2/c1-17-10(20)9-2-6-19(7-3-9)11(21)12(13(14,15)16)4-5-18-8-12/h9,18H,2-8H2,1H3,(H,17,20). The first-order chi connectivity index (χ1) is 9.82. The van der Waals surface area contributed by atoms with Crippen LogP contribution in [-0.4, -0.2) is 56.1 Å². The van der Waals surface area contributed by atoms with Crippen molar-refractivity contribution in [3.8, 4) is 0 Å². The fraction of sp³-hybridized carbons (Fsp3) is 0.846.